The van der Waals surface area contributed by atoms with Crippen LogP contribution in [0.2, 0.25) is 0 Å². The average Bonchev–Trinajstić information content (AvgIpc) is 2.81. The van der Waals surface area contributed by atoms with Gasteiger partial charge in [0.15, 0.2) is 5.58 Å². The lowest BCUT2D eigenvalue weighted by Crippen LogP contribution is -2.28. The molecule has 0 radical (unpaired) electrons. The summed E-state index contributed by atoms with van der Waals surface area (Å²) < 4.78 is 11.6. The Morgan fingerprint density at radius 3 is 2.81 bits per heavy atom. The fourth-order valence-corrected chi connectivity index (χ4v) is 2.23. The van der Waals surface area contributed by atoms with E-state index in [9.17, 15) is 14.7 Å². The van der Waals surface area contributed by atoms with E-state index < -0.39 is 17.8 Å². The predicted molar refractivity (Wildman–Crippen MR) is 77.0 cm³/mol. The molecule has 21 heavy (non-hydrogen) atoms. The predicted octanol–water partition coefficient (Wildman–Crippen LogP) is 1.99. The highest BCUT2D eigenvalue weighted by molar-refractivity contribution is 5.79. The van der Waals surface area contributed by atoms with Crippen molar-refractivity contribution in [2.45, 2.75) is 39.3 Å². The Hall–Kier alpha value is -2.08. The third-order valence-electron chi connectivity index (χ3n) is 3.28. The molecule has 0 spiro atoms. The van der Waals surface area contributed by atoms with Crippen LogP contribution in [0.15, 0.2) is 27.4 Å². The first-order valence-corrected chi connectivity index (χ1v) is 7.03. The quantitative estimate of drug-likeness (QED) is 0.824. The van der Waals surface area contributed by atoms with Crippen molar-refractivity contribution < 1.29 is 19.1 Å². The number of benzene rings is 1. The van der Waals surface area contributed by atoms with Gasteiger partial charge in [0.25, 0.3) is 0 Å². The number of fused-ring (bicyclic) bond motifs is 1. The smallest absolute Gasteiger partial charge is 0.420 e. The van der Waals surface area contributed by atoms with Crippen LogP contribution in [0.25, 0.3) is 11.1 Å². The van der Waals surface area contributed by atoms with Gasteiger partial charge >= 0.3 is 11.7 Å². The highest BCUT2D eigenvalue weighted by Gasteiger charge is 2.25. The van der Waals surface area contributed by atoms with Crippen molar-refractivity contribution in [3.05, 3.63) is 34.3 Å². The molecule has 0 amide bonds. The number of aromatic nitrogens is 1. The number of esters is 1. The zero-order valence-electron chi connectivity index (χ0n) is 12.2. The molecule has 0 aliphatic rings. The summed E-state index contributed by atoms with van der Waals surface area (Å²) in [6.07, 6.45) is 1.14. The molecule has 6 nitrogen and oxygen atoms in total. The van der Waals surface area contributed by atoms with E-state index in [0.29, 0.717) is 29.7 Å². The Morgan fingerprint density at radius 1 is 1.43 bits per heavy atom. The number of aliphatic hydroxyl groups is 1. The fourth-order valence-electron chi connectivity index (χ4n) is 2.23. The highest BCUT2D eigenvalue weighted by atomic mass is 16.5. The topological polar surface area (TPSA) is 81.7 Å². The van der Waals surface area contributed by atoms with Crippen molar-refractivity contribution in [3.63, 3.8) is 0 Å². The van der Waals surface area contributed by atoms with Crippen LogP contribution in [-0.2, 0) is 16.1 Å². The van der Waals surface area contributed by atoms with E-state index in [1.807, 2.05) is 6.92 Å². The molecule has 6 heteroatoms. The lowest BCUT2D eigenvalue weighted by molar-refractivity contribution is -0.147. The minimum absolute atomic E-state index is 0.146. The normalized spacial score (nSPS) is 12.5. The van der Waals surface area contributed by atoms with Crippen LogP contribution in [-0.4, -0.2) is 22.2 Å². The fraction of sp³-hybridized carbons (Fsp3) is 0.467. The van der Waals surface area contributed by atoms with Gasteiger partial charge in [0.2, 0.25) is 0 Å². The summed E-state index contributed by atoms with van der Waals surface area (Å²) in [5.74, 6) is -1.04. The highest BCUT2D eigenvalue weighted by Crippen LogP contribution is 2.21. The van der Waals surface area contributed by atoms with Crippen LogP contribution in [0, 0.1) is 0 Å². The van der Waals surface area contributed by atoms with Crippen molar-refractivity contribution in [2.24, 2.45) is 0 Å². The lowest BCUT2D eigenvalue weighted by Gasteiger charge is -2.15. The Labute approximate surface area is 121 Å². The third kappa shape index (κ3) is 3.00. The second-order valence-electron chi connectivity index (χ2n) is 4.79. The van der Waals surface area contributed by atoms with Crippen molar-refractivity contribution >= 4 is 17.1 Å². The number of hydrogen-bond acceptors (Lipinski definition) is 5. The summed E-state index contributed by atoms with van der Waals surface area (Å²) in [6, 6.07) is 4.21. The van der Waals surface area contributed by atoms with E-state index in [-0.39, 0.29) is 6.61 Å². The van der Waals surface area contributed by atoms with Gasteiger partial charge in [-0.3, -0.25) is 4.57 Å². The number of oxazole rings is 1. The van der Waals surface area contributed by atoms with E-state index in [4.69, 9.17) is 9.15 Å². The SMILES string of the molecule is CCCOC(=O)C(CC)n1c(=O)oc2ccc(CO)cc21. The van der Waals surface area contributed by atoms with Gasteiger partial charge in [0.1, 0.15) is 6.04 Å². The maximum absolute atomic E-state index is 12.1. The first kappa shape index (κ1) is 15.3. The van der Waals surface area contributed by atoms with Crippen LogP contribution in [0.3, 0.4) is 0 Å². The Bertz CT molecular complexity index is 685. The van der Waals surface area contributed by atoms with E-state index in [0.717, 1.165) is 6.42 Å². The Morgan fingerprint density at radius 2 is 2.19 bits per heavy atom. The summed E-state index contributed by atoms with van der Waals surface area (Å²) in [5, 5.41) is 9.21. The molecule has 0 saturated carbocycles. The first-order chi connectivity index (χ1) is 10.1. The lowest BCUT2D eigenvalue weighted by atomic mass is 10.2. The van der Waals surface area contributed by atoms with Crippen molar-refractivity contribution in [1.29, 1.82) is 0 Å². The maximum atomic E-state index is 12.1. The molecule has 1 aromatic carbocycles. The molecule has 1 aromatic heterocycles. The van der Waals surface area contributed by atoms with Gasteiger partial charge in [0, 0.05) is 0 Å². The summed E-state index contributed by atoms with van der Waals surface area (Å²) in [4.78, 5) is 24.2. The van der Waals surface area contributed by atoms with Gasteiger partial charge < -0.3 is 14.3 Å². The van der Waals surface area contributed by atoms with E-state index in [1.54, 1.807) is 25.1 Å². The molecule has 2 rings (SSSR count). The Balaban J connectivity index is 2.49. The third-order valence-corrected chi connectivity index (χ3v) is 3.28. The van der Waals surface area contributed by atoms with Crippen LogP contribution in [0.4, 0.5) is 0 Å². The standard InChI is InChI=1S/C15H19NO5/c1-3-7-20-14(18)11(4-2)16-12-8-10(9-17)5-6-13(12)21-15(16)19/h5-6,8,11,17H,3-4,7,9H2,1-2H3. The minimum atomic E-state index is -0.723. The largest absolute Gasteiger partial charge is 0.464 e. The first-order valence-electron chi connectivity index (χ1n) is 7.03. The summed E-state index contributed by atoms with van der Waals surface area (Å²) in [5.41, 5.74) is 1.53. The molecule has 0 aliphatic carbocycles. The summed E-state index contributed by atoms with van der Waals surface area (Å²) in [7, 11) is 0. The van der Waals surface area contributed by atoms with Crippen molar-refractivity contribution in [2.75, 3.05) is 6.61 Å². The van der Waals surface area contributed by atoms with E-state index in [2.05, 4.69) is 0 Å². The number of rotatable bonds is 6. The molecule has 1 N–H and O–H groups in total. The molecule has 1 heterocycles. The van der Waals surface area contributed by atoms with Crippen molar-refractivity contribution in [1.82, 2.24) is 4.57 Å². The number of carbonyl (C=O) groups is 1. The van der Waals surface area contributed by atoms with Gasteiger partial charge in [0.05, 0.1) is 18.7 Å². The van der Waals surface area contributed by atoms with Crippen LogP contribution < -0.4 is 5.76 Å². The zero-order chi connectivity index (χ0) is 15.4. The number of carbonyl (C=O) groups excluding carboxylic acids is 1. The number of aliphatic hydroxyl groups excluding tert-OH is 1. The second kappa shape index (κ2) is 6.58. The molecule has 1 atom stereocenters. The molecule has 0 fully saturated rings. The molecule has 0 aliphatic heterocycles. The molecule has 0 saturated heterocycles. The molecule has 114 valence electrons. The number of ether oxygens (including phenoxy) is 1. The van der Waals surface area contributed by atoms with Crippen LogP contribution in [0.1, 0.15) is 38.3 Å². The number of hydrogen-bond donors (Lipinski definition) is 1. The Kier molecular flexibility index (Phi) is 4.80. The maximum Gasteiger partial charge on any atom is 0.420 e. The number of nitrogens with zero attached hydrogens (tertiary/aromatic N) is 1. The van der Waals surface area contributed by atoms with E-state index >= 15 is 0 Å². The van der Waals surface area contributed by atoms with Crippen LogP contribution in [0.5, 0.6) is 0 Å². The molecule has 2 aromatic rings. The van der Waals surface area contributed by atoms with E-state index in [1.165, 1.54) is 4.57 Å². The van der Waals surface area contributed by atoms with Crippen molar-refractivity contribution in [3.8, 4) is 0 Å². The van der Waals surface area contributed by atoms with Crippen LogP contribution >= 0.6 is 0 Å². The molecular formula is C15H19NO5. The molecule has 0 bridgehead atoms. The molecule has 1 unspecified atom stereocenters. The minimum Gasteiger partial charge on any atom is -0.464 e. The van der Waals surface area contributed by atoms with Gasteiger partial charge in [-0.2, -0.15) is 0 Å². The second-order valence-corrected chi connectivity index (χ2v) is 4.79. The summed E-state index contributed by atoms with van der Waals surface area (Å²) in [6.45, 7) is 3.88. The van der Waals surface area contributed by atoms with Gasteiger partial charge in [-0.1, -0.05) is 19.9 Å². The van der Waals surface area contributed by atoms with Gasteiger partial charge in [-0.25, -0.2) is 9.59 Å². The monoisotopic (exact) mass is 293 g/mol. The van der Waals surface area contributed by atoms with Gasteiger partial charge in [-0.05, 0) is 30.5 Å². The average molecular weight is 293 g/mol. The van der Waals surface area contributed by atoms with Gasteiger partial charge in [-0.15, -0.1) is 0 Å². The molecular weight excluding hydrogens is 274 g/mol. The zero-order valence-corrected chi connectivity index (χ0v) is 12.2. The summed E-state index contributed by atoms with van der Waals surface area (Å²) >= 11 is 0.